The van der Waals surface area contributed by atoms with Gasteiger partial charge in [-0.15, -0.1) is 5.10 Å². The van der Waals surface area contributed by atoms with Crippen molar-refractivity contribution >= 4 is 38.9 Å². The van der Waals surface area contributed by atoms with Gasteiger partial charge in [0, 0.05) is 11.4 Å². The summed E-state index contributed by atoms with van der Waals surface area (Å²) in [5, 5.41) is 7.38. The molecule has 3 rings (SSSR count). The summed E-state index contributed by atoms with van der Waals surface area (Å²) in [5.74, 6) is 0.0134. The number of para-hydroxylation sites is 1. The molecule has 0 saturated heterocycles. The number of carbonyl (C=O) groups excluding carboxylic acids is 1. The number of nitrogens with one attached hydrogen (secondary N) is 2. The molecule has 27 heavy (non-hydrogen) atoms. The number of sulfonamides is 1. The molecule has 2 aromatic carbocycles. The Labute approximate surface area is 161 Å². The monoisotopic (exact) mass is 405 g/mol. The fourth-order valence-electron chi connectivity index (χ4n) is 2.36. The summed E-state index contributed by atoms with van der Waals surface area (Å²) in [6.07, 6.45) is 1.06. The third kappa shape index (κ3) is 4.63. The molecule has 0 atom stereocenters. The van der Waals surface area contributed by atoms with Crippen LogP contribution in [0.25, 0.3) is 5.69 Å². The molecule has 1 aromatic heterocycles. The van der Waals surface area contributed by atoms with Crippen molar-refractivity contribution in [1.29, 1.82) is 0 Å². The molecular formula is C17H16ClN5O3S. The summed E-state index contributed by atoms with van der Waals surface area (Å²) in [4.78, 5) is 16.6. The van der Waals surface area contributed by atoms with E-state index in [1.165, 1.54) is 16.8 Å². The molecule has 3 aromatic rings. The number of carbonyl (C=O) groups is 1. The number of rotatable bonds is 5. The van der Waals surface area contributed by atoms with Crippen molar-refractivity contribution in [3.8, 4) is 5.69 Å². The van der Waals surface area contributed by atoms with E-state index >= 15 is 0 Å². The zero-order valence-electron chi connectivity index (χ0n) is 14.5. The normalized spacial score (nSPS) is 11.2. The molecule has 0 unspecified atom stereocenters. The molecule has 8 nitrogen and oxygen atoms in total. The average molecular weight is 406 g/mol. The summed E-state index contributed by atoms with van der Waals surface area (Å²) in [6, 6.07) is 13.3. The molecule has 0 radical (unpaired) electrons. The van der Waals surface area contributed by atoms with E-state index in [1.807, 2.05) is 6.07 Å². The van der Waals surface area contributed by atoms with Gasteiger partial charge in [0.1, 0.15) is 5.82 Å². The highest BCUT2D eigenvalue weighted by molar-refractivity contribution is 7.92. The lowest BCUT2D eigenvalue weighted by Gasteiger charge is -2.06. The number of amides is 1. The van der Waals surface area contributed by atoms with Gasteiger partial charge in [0.05, 0.1) is 17.0 Å². The van der Waals surface area contributed by atoms with Crippen LogP contribution in [-0.4, -0.2) is 35.3 Å². The largest absolute Gasteiger partial charge is 0.319 e. The van der Waals surface area contributed by atoms with Crippen molar-refractivity contribution < 1.29 is 13.2 Å². The fraction of sp³-hybridized carbons (Fsp3) is 0.118. The maximum atomic E-state index is 12.4. The van der Waals surface area contributed by atoms with Gasteiger partial charge in [0.15, 0.2) is 0 Å². The molecule has 140 valence electrons. The van der Waals surface area contributed by atoms with E-state index < -0.39 is 15.9 Å². The highest BCUT2D eigenvalue weighted by atomic mass is 35.5. The molecule has 0 fully saturated rings. The second-order valence-corrected chi connectivity index (χ2v) is 7.91. The molecule has 1 heterocycles. The number of aryl methyl sites for hydroxylation is 1. The lowest BCUT2D eigenvalue weighted by atomic mass is 10.3. The van der Waals surface area contributed by atoms with Crippen molar-refractivity contribution in [2.24, 2.45) is 0 Å². The van der Waals surface area contributed by atoms with Gasteiger partial charge in [-0.25, -0.2) is 18.1 Å². The van der Waals surface area contributed by atoms with E-state index in [0.717, 1.165) is 6.26 Å². The third-order valence-electron chi connectivity index (χ3n) is 3.50. The van der Waals surface area contributed by atoms with Crippen molar-refractivity contribution in [2.45, 2.75) is 6.92 Å². The molecule has 1 amide bonds. The molecule has 0 spiro atoms. The van der Waals surface area contributed by atoms with Crippen molar-refractivity contribution in [2.75, 3.05) is 16.3 Å². The molecule has 0 aliphatic rings. The second-order valence-electron chi connectivity index (χ2n) is 5.75. The number of hydrogen-bond donors (Lipinski definition) is 2. The second kappa shape index (κ2) is 7.37. The van der Waals surface area contributed by atoms with Crippen LogP contribution in [0.2, 0.25) is 5.02 Å². The predicted octanol–water partition coefficient (Wildman–Crippen LogP) is 2.85. The number of halogens is 1. The summed E-state index contributed by atoms with van der Waals surface area (Å²) in [5.41, 5.74) is 1.50. The zero-order chi connectivity index (χ0) is 19.6. The van der Waals surface area contributed by atoms with Gasteiger partial charge in [0.2, 0.25) is 15.8 Å². The van der Waals surface area contributed by atoms with Gasteiger partial charge in [-0.3, -0.25) is 9.52 Å². The highest BCUT2D eigenvalue weighted by Crippen LogP contribution is 2.20. The lowest BCUT2D eigenvalue weighted by molar-refractivity contribution is 0.101. The first-order valence-electron chi connectivity index (χ1n) is 7.81. The van der Waals surface area contributed by atoms with E-state index in [-0.39, 0.29) is 5.82 Å². The third-order valence-corrected chi connectivity index (χ3v) is 4.42. The van der Waals surface area contributed by atoms with Crippen LogP contribution in [0, 0.1) is 6.92 Å². The Kier molecular flexibility index (Phi) is 5.15. The van der Waals surface area contributed by atoms with Crippen molar-refractivity contribution in [1.82, 2.24) is 14.8 Å². The minimum Gasteiger partial charge on any atom is -0.319 e. The first-order chi connectivity index (χ1) is 12.7. The first-order valence-corrected chi connectivity index (χ1v) is 10.1. The van der Waals surface area contributed by atoms with Crippen LogP contribution >= 0.6 is 11.6 Å². The Hall–Kier alpha value is -2.91. The average Bonchev–Trinajstić information content (AvgIpc) is 2.97. The Morgan fingerprint density at radius 1 is 1.07 bits per heavy atom. The molecule has 0 aliphatic heterocycles. The van der Waals surface area contributed by atoms with E-state index in [1.54, 1.807) is 37.3 Å². The smallest absolute Gasteiger partial charge is 0.295 e. The minimum absolute atomic E-state index is 0.00856. The summed E-state index contributed by atoms with van der Waals surface area (Å²) < 4.78 is 26.3. The van der Waals surface area contributed by atoms with E-state index in [0.29, 0.717) is 27.9 Å². The van der Waals surface area contributed by atoms with Gasteiger partial charge in [0.25, 0.3) is 5.91 Å². The van der Waals surface area contributed by atoms with Crippen LogP contribution in [0.1, 0.15) is 16.4 Å². The Bertz CT molecular complexity index is 1090. The number of anilines is 2. The van der Waals surface area contributed by atoms with Gasteiger partial charge in [-0.1, -0.05) is 23.7 Å². The van der Waals surface area contributed by atoms with E-state index in [9.17, 15) is 13.2 Å². The van der Waals surface area contributed by atoms with Crippen LogP contribution in [0.5, 0.6) is 0 Å². The lowest BCUT2D eigenvalue weighted by Crippen LogP contribution is -2.14. The number of nitrogens with zero attached hydrogens (tertiary/aromatic N) is 3. The van der Waals surface area contributed by atoms with Gasteiger partial charge < -0.3 is 5.32 Å². The van der Waals surface area contributed by atoms with E-state index in [2.05, 4.69) is 20.1 Å². The zero-order valence-corrected chi connectivity index (χ0v) is 16.0. The topological polar surface area (TPSA) is 106 Å². The van der Waals surface area contributed by atoms with E-state index in [4.69, 9.17) is 11.6 Å². The minimum atomic E-state index is -3.36. The Morgan fingerprint density at radius 2 is 1.70 bits per heavy atom. The van der Waals surface area contributed by atoms with Crippen LogP contribution in [0.4, 0.5) is 11.4 Å². The summed E-state index contributed by atoms with van der Waals surface area (Å²) in [6.45, 7) is 1.72. The molecule has 10 heteroatoms. The summed E-state index contributed by atoms with van der Waals surface area (Å²) in [7, 11) is -3.36. The maximum absolute atomic E-state index is 12.4. The highest BCUT2D eigenvalue weighted by Gasteiger charge is 2.16. The standard InChI is InChI=1S/C17H16ClN5O3S/c1-11-19-16(21-23(11)15-6-4-3-5-14(15)18)17(24)20-12-7-9-13(10-8-12)22-27(2,25)26/h3-10,22H,1-2H3,(H,20,24). The quantitative estimate of drug-likeness (QED) is 0.678. The number of benzene rings is 2. The number of hydrogen-bond acceptors (Lipinski definition) is 5. The molecular weight excluding hydrogens is 390 g/mol. The van der Waals surface area contributed by atoms with Crippen LogP contribution in [-0.2, 0) is 10.0 Å². The van der Waals surface area contributed by atoms with Crippen molar-refractivity contribution in [3.05, 3.63) is 65.2 Å². The Morgan fingerprint density at radius 3 is 2.33 bits per heavy atom. The predicted molar refractivity (Wildman–Crippen MR) is 104 cm³/mol. The SMILES string of the molecule is Cc1nc(C(=O)Nc2ccc(NS(C)(=O)=O)cc2)nn1-c1ccccc1Cl. The van der Waals surface area contributed by atoms with Gasteiger partial charge >= 0.3 is 0 Å². The van der Waals surface area contributed by atoms with Crippen molar-refractivity contribution in [3.63, 3.8) is 0 Å². The maximum Gasteiger partial charge on any atom is 0.295 e. The van der Waals surface area contributed by atoms with Crippen LogP contribution in [0.3, 0.4) is 0 Å². The molecule has 2 N–H and O–H groups in total. The summed E-state index contributed by atoms with van der Waals surface area (Å²) >= 11 is 6.17. The van der Waals surface area contributed by atoms with Crippen LogP contribution < -0.4 is 10.0 Å². The van der Waals surface area contributed by atoms with Gasteiger partial charge in [-0.05, 0) is 43.3 Å². The molecule has 0 aliphatic carbocycles. The first kappa shape index (κ1) is 18.9. The van der Waals surface area contributed by atoms with Gasteiger partial charge in [-0.2, -0.15) is 0 Å². The molecule has 0 saturated carbocycles. The molecule has 0 bridgehead atoms. The number of aromatic nitrogens is 3. The fourth-order valence-corrected chi connectivity index (χ4v) is 3.14. The Balaban J connectivity index is 1.77. The van der Waals surface area contributed by atoms with Crippen LogP contribution in [0.15, 0.2) is 48.5 Å².